The van der Waals surface area contributed by atoms with Gasteiger partial charge in [-0.2, -0.15) is 0 Å². The van der Waals surface area contributed by atoms with E-state index in [1.807, 2.05) is 26.0 Å². The van der Waals surface area contributed by atoms with Crippen LogP contribution in [0.1, 0.15) is 19.4 Å². The maximum atomic E-state index is 13.2. The molecule has 144 valence electrons. The summed E-state index contributed by atoms with van der Waals surface area (Å²) < 4.78 is 24.5. The molecule has 0 radical (unpaired) electrons. The first-order valence-electron chi connectivity index (χ1n) is 9.02. The topological polar surface area (TPSA) is 59.0 Å². The number of hydrogen-bond acceptors (Lipinski definition) is 4. The highest BCUT2D eigenvalue weighted by atomic mass is 19.1. The highest BCUT2D eigenvalue weighted by Crippen LogP contribution is 2.29. The molecule has 1 saturated heterocycles. The van der Waals surface area contributed by atoms with Crippen LogP contribution in [0.25, 0.3) is 11.1 Å². The Bertz CT molecular complexity index is 783. The molecule has 1 N–H and O–H groups in total. The minimum Gasteiger partial charge on any atom is -0.482 e. The number of carbonyl (C=O) groups is 1. The number of hydrogen-bond donors (Lipinski definition) is 1. The molecule has 0 unspecified atom stereocenters. The molecule has 6 heteroatoms. The van der Waals surface area contributed by atoms with Crippen molar-refractivity contribution in [1.29, 1.82) is 0 Å². The first kappa shape index (κ1) is 19.3. The normalized spacial score (nSPS) is 20.4. The first-order chi connectivity index (χ1) is 12.9. The van der Waals surface area contributed by atoms with Crippen LogP contribution in [0.3, 0.4) is 0 Å². The van der Waals surface area contributed by atoms with Crippen molar-refractivity contribution in [3.8, 4) is 16.9 Å². The van der Waals surface area contributed by atoms with Crippen molar-refractivity contribution in [2.24, 2.45) is 0 Å². The van der Waals surface area contributed by atoms with Gasteiger partial charge in [0, 0.05) is 25.2 Å². The van der Waals surface area contributed by atoms with Crippen molar-refractivity contribution < 1.29 is 23.8 Å². The van der Waals surface area contributed by atoms with Crippen molar-refractivity contribution in [3.05, 3.63) is 53.8 Å². The van der Waals surface area contributed by atoms with Crippen LogP contribution in [-0.2, 0) is 16.1 Å². The summed E-state index contributed by atoms with van der Waals surface area (Å²) in [5, 5.41) is 8.93. The molecule has 0 amide bonds. The van der Waals surface area contributed by atoms with Crippen molar-refractivity contribution in [2.75, 3.05) is 19.7 Å². The van der Waals surface area contributed by atoms with Crippen molar-refractivity contribution in [1.82, 2.24) is 4.90 Å². The van der Waals surface area contributed by atoms with Crippen molar-refractivity contribution in [2.45, 2.75) is 32.6 Å². The van der Waals surface area contributed by atoms with Crippen LogP contribution in [-0.4, -0.2) is 47.9 Å². The van der Waals surface area contributed by atoms with Gasteiger partial charge >= 0.3 is 5.97 Å². The summed E-state index contributed by atoms with van der Waals surface area (Å²) in [6.07, 6.45) is 0.273. The molecule has 2 aromatic rings. The summed E-state index contributed by atoms with van der Waals surface area (Å²) in [7, 11) is 0. The Morgan fingerprint density at radius 3 is 2.41 bits per heavy atom. The SMILES string of the molecule is C[C@@H]1CN(Cc2cc(-c3ccc(F)cc3)ccc2OCC(=O)O)C[C@H](C)O1. The van der Waals surface area contributed by atoms with E-state index in [1.165, 1.54) is 12.1 Å². The van der Waals surface area contributed by atoms with Crippen LogP contribution in [0, 0.1) is 5.82 Å². The van der Waals surface area contributed by atoms with Gasteiger partial charge in [0.05, 0.1) is 12.2 Å². The number of rotatable bonds is 6. The second kappa shape index (κ2) is 8.50. The maximum absolute atomic E-state index is 13.2. The lowest BCUT2D eigenvalue weighted by molar-refractivity contribution is -0.139. The number of benzene rings is 2. The van der Waals surface area contributed by atoms with E-state index in [-0.39, 0.29) is 18.0 Å². The highest BCUT2D eigenvalue weighted by Gasteiger charge is 2.23. The zero-order valence-electron chi connectivity index (χ0n) is 15.5. The quantitative estimate of drug-likeness (QED) is 0.839. The Balaban J connectivity index is 1.87. The number of nitrogens with zero attached hydrogens (tertiary/aromatic N) is 1. The third-order valence-corrected chi connectivity index (χ3v) is 4.48. The second-order valence-corrected chi connectivity index (χ2v) is 6.96. The summed E-state index contributed by atoms with van der Waals surface area (Å²) >= 11 is 0. The standard InChI is InChI=1S/C21H24FNO4/c1-14-10-23(11-15(2)27-14)12-18-9-17(16-3-6-19(22)7-4-16)5-8-20(18)26-13-21(24)25/h3-9,14-15H,10-13H2,1-2H3,(H,24,25)/t14-,15+. The Hall–Kier alpha value is -2.44. The van der Waals surface area contributed by atoms with Crippen LogP contribution >= 0.6 is 0 Å². The van der Waals surface area contributed by atoms with E-state index in [4.69, 9.17) is 14.6 Å². The Labute approximate surface area is 158 Å². The summed E-state index contributed by atoms with van der Waals surface area (Å²) in [5.74, 6) is -0.746. The van der Waals surface area contributed by atoms with Crippen LogP contribution in [0.4, 0.5) is 4.39 Å². The number of carboxylic acids is 1. The zero-order valence-corrected chi connectivity index (χ0v) is 15.5. The number of carboxylic acid groups (broad SMARTS) is 1. The molecule has 5 nitrogen and oxygen atoms in total. The van der Waals surface area contributed by atoms with E-state index < -0.39 is 12.6 Å². The predicted molar refractivity (Wildman–Crippen MR) is 100 cm³/mol. The van der Waals surface area contributed by atoms with Gasteiger partial charge in [-0.05, 0) is 49.2 Å². The number of ether oxygens (including phenoxy) is 2. The fourth-order valence-electron chi connectivity index (χ4n) is 3.46. The van der Waals surface area contributed by atoms with Crippen molar-refractivity contribution >= 4 is 5.97 Å². The molecule has 1 heterocycles. The minimum atomic E-state index is -1.02. The van der Waals surface area contributed by atoms with Gasteiger partial charge in [-0.25, -0.2) is 9.18 Å². The molecule has 0 aromatic heterocycles. The van der Waals surface area contributed by atoms with Gasteiger partial charge in [0.1, 0.15) is 11.6 Å². The molecule has 1 aliphatic heterocycles. The molecular weight excluding hydrogens is 349 g/mol. The van der Waals surface area contributed by atoms with Gasteiger partial charge in [0.15, 0.2) is 6.61 Å². The molecule has 2 aromatic carbocycles. The molecule has 1 fully saturated rings. The van der Waals surface area contributed by atoms with E-state index >= 15 is 0 Å². The molecule has 0 spiro atoms. The number of halogens is 1. The van der Waals surface area contributed by atoms with E-state index in [1.54, 1.807) is 18.2 Å². The number of aliphatic carboxylic acids is 1. The van der Waals surface area contributed by atoms with E-state index in [9.17, 15) is 9.18 Å². The first-order valence-corrected chi connectivity index (χ1v) is 9.02. The van der Waals surface area contributed by atoms with E-state index in [2.05, 4.69) is 4.90 Å². The monoisotopic (exact) mass is 373 g/mol. The molecule has 0 saturated carbocycles. The molecule has 0 bridgehead atoms. The Morgan fingerprint density at radius 2 is 1.78 bits per heavy atom. The second-order valence-electron chi connectivity index (χ2n) is 6.96. The zero-order chi connectivity index (χ0) is 19.4. The molecule has 2 atom stereocenters. The molecular formula is C21H24FNO4. The predicted octanol–water partition coefficient (Wildman–Crippen LogP) is 3.57. The summed E-state index contributed by atoms with van der Waals surface area (Å²) in [5.41, 5.74) is 2.73. The largest absolute Gasteiger partial charge is 0.482 e. The molecule has 1 aliphatic rings. The molecule has 27 heavy (non-hydrogen) atoms. The van der Waals surface area contributed by atoms with Gasteiger partial charge in [-0.3, -0.25) is 4.90 Å². The van der Waals surface area contributed by atoms with Gasteiger partial charge in [0.2, 0.25) is 0 Å². The van der Waals surface area contributed by atoms with Crippen LogP contribution in [0.2, 0.25) is 0 Å². The molecule has 0 aliphatic carbocycles. The smallest absolute Gasteiger partial charge is 0.341 e. The Morgan fingerprint density at radius 1 is 1.15 bits per heavy atom. The molecule has 3 rings (SSSR count). The fraction of sp³-hybridized carbons (Fsp3) is 0.381. The van der Waals surface area contributed by atoms with Gasteiger partial charge in [0.25, 0.3) is 0 Å². The summed E-state index contributed by atoms with van der Waals surface area (Å²) in [6.45, 7) is 5.91. The van der Waals surface area contributed by atoms with E-state index in [0.29, 0.717) is 12.3 Å². The average molecular weight is 373 g/mol. The highest BCUT2D eigenvalue weighted by molar-refractivity contribution is 5.69. The maximum Gasteiger partial charge on any atom is 0.341 e. The summed E-state index contributed by atoms with van der Waals surface area (Å²) in [4.78, 5) is 13.2. The summed E-state index contributed by atoms with van der Waals surface area (Å²) in [6, 6.07) is 11.9. The van der Waals surface area contributed by atoms with Crippen LogP contribution < -0.4 is 4.74 Å². The lowest BCUT2D eigenvalue weighted by Gasteiger charge is -2.35. The number of morpholine rings is 1. The van der Waals surface area contributed by atoms with Crippen LogP contribution in [0.15, 0.2) is 42.5 Å². The van der Waals surface area contributed by atoms with Gasteiger partial charge < -0.3 is 14.6 Å². The average Bonchev–Trinajstić information content (AvgIpc) is 2.60. The third kappa shape index (κ3) is 5.28. The van der Waals surface area contributed by atoms with Gasteiger partial charge in [-0.1, -0.05) is 18.2 Å². The van der Waals surface area contributed by atoms with Gasteiger partial charge in [-0.15, -0.1) is 0 Å². The Kier molecular flexibility index (Phi) is 6.08. The minimum absolute atomic E-state index is 0.136. The van der Waals surface area contributed by atoms with Crippen molar-refractivity contribution in [3.63, 3.8) is 0 Å². The lowest BCUT2D eigenvalue weighted by atomic mass is 10.0. The van der Waals surface area contributed by atoms with E-state index in [0.717, 1.165) is 29.8 Å². The lowest BCUT2D eigenvalue weighted by Crippen LogP contribution is -2.44. The van der Waals surface area contributed by atoms with Crippen LogP contribution in [0.5, 0.6) is 5.75 Å². The third-order valence-electron chi connectivity index (χ3n) is 4.48. The fourth-order valence-corrected chi connectivity index (χ4v) is 3.46.